The van der Waals surface area contributed by atoms with Crippen molar-refractivity contribution in [2.24, 2.45) is 0 Å². The number of carboxylic acid groups (broad SMARTS) is 1. The van der Waals surface area contributed by atoms with E-state index in [1.165, 1.54) is 18.2 Å². The Hall–Kier alpha value is -4.10. The molecule has 4 aromatic rings. The first-order valence-corrected chi connectivity index (χ1v) is 14.1. The number of aliphatic hydroxyl groups excluding tert-OH is 2. The van der Waals surface area contributed by atoms with Crippen LogP contribution in [0.3, 0.4) is 0 Å². The van der Waals surface area contributed by atoms with Gasteiger partial charge in [0.15, 0.2) is 0 Å². The quantitative estimate of drug-likeness (QED) is 0.0696. The summed E-state index contributed by atoms with van der Waals surface area (Å²) in [5, 5.41) is 58.3. The number of nitrogens with one attached hydrogen (secondary N) is 4. The molecule has 0 saturated heterocycles. The molecular weight excluding hydrogens is 544 g/mol. The lowest BCUT2D eigenvalue weighted by molar-refractivity contribution is 0.0520. The van der Waals surface area contributed by atoms with E-state index in [2.05, 4.69) is 20.6 Å². The minimum Gasteiger partial charge on any atom is -0.506 e. The second-order valence-corrected chi connectivity index (χ2v) is 10.2. The summed E-state index contributed by atoms with van der Waals surface area (Å²) in [5.41, 5.74) is 1.96. The molecule has 2 atom stereocenters. The Bertz CT molecular complexity index is 1530. The molecule has 2 aromatic carbocycles. The van der Waals surface area contributed by atoms with Crippen LogP contribution in [0.15, 0.2) is 36.4 Å². The van der Waals surface area contributed by atoms with Crippen molar-refractivity contribution in [2.45, 2.75) is 44.8 Å². The number of H-pyrrole nitrogens is 2. The maximum atomic E-state index is 12.1. The molecule has 0 aliphatic heterocycles. The minimum absolute atomic E-state index is 0.0129. The molecule has 0 aliphatic rings. The highest BCUT2D eigenvalue weighted by atomic mass is 16.5. The van der Waals surface area contributed by atoms with Gasteiger partial charge in [0.1, 0.15) is 22.9 Å². The Balaban J connectivity index is 1.14. The molecule has 9 N–H and O–H groups in total. The smallest absolute Gasteiger partial charge is 0.354 e. The number of benzene rings is 2. The van der Waals surface area contributed by atoms with Gasteiger partial charge in [-0.3, -0.25) is 0 Å². The van der Waals surface area contributed by atoms with E-state index in [4.69, 9.17) is 4.74 Å². The number of carbonyl (C=O) groups is 2. The maximum absolute atomic E-state index is 12.1. The van der Waals surface area contributed by atoms with Gasteiger partial charge in [0.05, 0.1) is 29.8 Å². The summed E-state index contributed by atoms with van der Waals surface area (Å²) in [4.78, 5) is 28.9. The van der Waals surface area contributed by atoms with Crippen LogP contribution in [-0.4, -0.2) is 80.2 Å². The zero-order valence-corrected chi connectivity index (χ0v) is 23.4. The highest BCUT2D eigenvalue weighted by Gasteiger charge is 2.19. The van der Waals surface area contributed by atoms with E-state index in [1.807, 2.05) is 0 Å². The van der Waals surface area contributed by atoms with Crippen LogP contribution in [0.4, 0.5) is 0 Å². The summed E-state index contributed by atoms with van der Waals surface area (Å²) in [7, 11) is 0. The van der Waals surface area contributed by atoms with Crippen LogP contribution >= 0.6 is 0 Å². The highest BCUT2D eigenvalue weighted by molar-refractivity contribution is 5.98. The van der Waals surface area contributed by atoms with Crippen molar-refractivity contribution >= 4 is 33.7 Å². The molecule has 0 fully saturated rings. The largest absolute Gasteiger partial charge is 0.506 e. The van der Waals surface area contributed by atoms with Crippen molar-refractivity contribution in [2.75, 3.05) is 32.8 Å². The van der Waals surface area contributed by atoms with E-state index in [9.17, 15) is 35.1 Å². The topological polar surface area (TPSA) is 200 Å². The molecular formula is C30H38N4O8. The number of aromatic nitrogens is 2. The number of fused-ring (bicyclic) bond motifs is 2. The Morgan fingerprint density at radius 3 is 1.74 bits per heavy atom. The first-order chi connectivity index (χ1) is 20.2. The van der Waals surface area contributed by atoms with Crippen LogP contribution in [-0.2, 0) is 4.74 Å². The molecule has 12 nitrogen and oxygen atoms in total. The highest BCUT2D eigenvalue weighted by Crippen LogP contribution is 2.32. The van der Waals surface area contributed by atoms with Gasteiger partial charge in [0.25, 0.3) is 0 Å². The third kappa shape index (κ3) is 7.21. The first-order valence-electron chi connectivity index (χ1n) is 14.1. The number of ether oxygens (including phenoxy) is 1. The third-order valence-electron chi connectivity index (χ3n) is 7.19. The molecule has 0 spiro atoms. The second-order valence-electron chi connectivity index (χ2n) is 10.2. The fourth-order valence-corrected chi connectivity index (χ4v) is 5.02. The predicted molar refractivity (Wildman–Crippen MR) is 157 cm³/mol. The van der Waals surface area contributed by atoms with Crippen molar-refractivity contribution in [3.05, 3.63) is 58.9 Å². The number of hydrogen-bond donors (Lipinski definition) is 9. The minimum atomic E-state index is -1.14. The van der Waals surface area contributed by atoms with Crippen LogP contribution in [0.1, 0.15) is 76.9 Å². The number of phenolic OH excluding ortho intramolecular Hbond substituents is 2. The van der Waals surface area contributed by atoms with E-state index in [1.54, 1.807) is 25.1 Å². The van der Waals surface area contributed by atoms with Crippen molar-refractivity contribution in [1.82, 2.24) is 20.6 Å². The van der Waals surface area contributed by atoms with Crippen molar-refractivity contribution in [1.29, 1.82) is 0 Å². The van der Waals surface area contributed by atoms with Gasteiger partial charge in [0.2, 0.25) is 0 Å². The van der Waals surface area contributed by atoms with Crippen LogP contribution in [0.2, 0.25) is 0 Å². The van der Waals surface area contributed by atoms with Gasteiger partial charge in [-0.05, 0) is 68.2 Å². The van der Waals surface area contributed by atoms with Crippen molar-refractivity contribution in [3.8, 4) is 11.5 Å². The molecule has 2 heterocycles. The molecule has 2 unspecified atom stereocenters. The molecule has 0 aliphatic carbocycles. The maximum Gasteiger partial charge on any atom is 0.354 e. The zero-order chi connectivity index (χ0) is 30.2. The fraction of sp³-hybridized carbons (Fsp3) is 0.400. The Morgan fingerprint density at radius 2 is 1.26 bits per heavy atom. The van der Waals surface area contributed by atoms with Crippen LogP contribution in [0, 0.1) is 0 Å². The summed E-state index contributed by atoms with van der Waals surface area (Å²) in [5.74, 6) is -1.75. The number of hydrogen-bond acceptors (Lipinski definition) is 9. The van der Waals surface area contributed by atoms with E-state index < -0.39 is 24.1 Å². The molecule has 226 valence electrons. The SMILES string of the molecule is CCOC(=O)c1cc2c(C(O)CNCCCCCCNCC(O)c3ccc(O)c4[nH]c(C(=O)O)cc34)ccc(O)c2[nH]1. The summed E-state index contributed by atoms with van der Waals surface area (Å²) >= 11 is 0. The third-order valence-corrected chi connectivity index (χ3v) is 7.19. The molecule has 0 bridgehead atoms. The van der Waals surface area contributed by atoms with E-state index in [0.29, 0.717) is 47.1 Å². The molecule has 0 radical (unpaired) electrons. The number of rotatable bonds is 16. The summed E-state index contributed by atoms with van der Waals surface area (Å²) in [6.07, 6.45) is 2.11. The van der Waals surface area contributed by atoms with Gasteiger partial charge in [-0.25, -0.2) is 9.59 Å². The molecule has 0 amide bonds. The molecule has 12 heteroatoms. The Morgan fingerprint density at radius 1 is 0.786 bits per heavy atom. The normalized spacial score (nSPS) is 13.0. The molecule has 2 aromatic heterocycles. The summed E-state index contributed by atoms with van der Waals surface area (Å²) in [6.45, 7) is 3.98. The number of aliphatic hydroxyl groups is 2. The summed E-state index contributed by atoms with van der Waals surface area (Å²) in [6, 6.07) is 9.16. The number of unbranched alkanes of at least 4 members (excludes halogenated alkanes) is 3. The van der Waals surface area contributed by atoms with Gasteiger partial charge in [-0.1, -0.05) is 25.0 Å². The predicted octanol–water partition coefficient (Wildman–Crippen LogP) is 3.44. The van der Waals surface area contributed by atoms with Crippen molar-refractivity contribution in [3.63, 3.8) is 0 Å². The van der Waals surface area contributed by atoms with Gasteiger partial charge in [-0.15, -0.1) is 0 Å². The number of aromatic amines is 2. The molecule has 42 heavy (non-hydrogen) atoms. The van der Waals surface area contributed by atoms with E-state index in [0.717, 1.165) is 32.2 Å². The number of carbonyl (C=O) groups excluding carboxylic acids is 1. The lowest BCUT2D eigenvalue weighted by Gasteiger charge is -2.14. The average Bonchev–Trinajstić information content (AvgIpc) is 3.61. The van der Waals surface area contributed by atoms with Crippen LogP contribution < -0.4 is 10.6 Å². The Kier molecular flexibility index (Phi) is 10.4. The zero-order valence-electron chi connectivity index (χ0n) is 23.4. The first kappa shape index (κ1) is 30.8. The van der Waals surface area contributed by atoms with Crippen molar-refractivity contribution < 1.29 is 39.9 Å². The van der Waals surface area contributed by atoms with Crippen LogP contribution in [0.5, 0.6) is 11.5 Å². The lowest BCUT2D eigenvalue weighted by Crippen LogP contribution is -2.23. The van der Waals surface area contributed by atoms with Crippen LogP contribution in [0.25, 0.3) is 21.8 Å². The number of aromatic carboxylic acids is 1. The van der Waals surface area contributed by atoms with E-state index >= 15 is 0 Å². The van der Waals surface area contributed by atoms with Gasteiger partial charge >= 0.3 is 11.9 Å². The standard InChI is InChI=1S/C30H38N4O8/c1-2-42-30(41)22-14-20-18(8-10-24(36)28(20)34-22)26(38)16-32-12-6-4-3-5-11-31-15-25(37)17-7-9-23(35)27-19(17)13-21(33-27)29(39)40/h7-10,13-14,25-26,31-38H,2-6,11-12,15-16H2,1H3,(H,39,40). The van der Waals surface area contributed by atoms with Gasteiger partial charge in [-0.2, -0.15) is 0 Å². The Labute approximate surface area is 242 Å². The second kappa shape index (κ2) is 14.2. The molecule has 4 rings (SSSR count). The van der Waals surface area contributed by atoms with Gasteiger partial charge < -0.3 is 50.9 Å². The number of aromatic hydroxyl groups is 2. The average molecular weight is 583 g/mol. The summed E-state index contributed by atoms with van der Waals surface area (Å²) < 4.78 is 5.02. The van der Waals surface area contributed by atoms with E-state index in [-0.39, 0.29) is 35.0 Å². The number of esters is 1. The number of carboxylic acids is 1. The monoisotopic (exact) mass is 582 g/mol. The molecule has 0 saturated carbocycles. The number of phenols is 2. The van der Waals surface area contributed by atoms with Gasteiger partial charge in [0, 0.05) is 23.9 Å². The lowest BCUT2D eigenvalue weighted by atomic mass is 10.0. The fourth-order valence-electron chi connectivity index (χ4n) is 5.02.